The van der Waals surface area contributed by atoms with Crippen LogP contribution in [0, 0.1) is 12.3 Å². The number of carbonyl (C=O) groups excluding carboxylic acids is 2. The van der Waals surface area contributed by atoms with Gasteiger partial charge in [-0.3, -0.25) is 9.59 Å². The number of aryl methyl sites for hydroxylation is 1. The highest BCUT2D eigenvalue weighted by molar-refractivity contribution is 6.31. The average Bonchev–Trinajstić information content (AvgIpc) is 3.22. The van der Waals surface area contributed by atoms with Gasteiger partial charge in [0, 0.05) is 22.5 Å². The summed E-state index contributed by atoms with van der Waals surface area (Å²) in [6.45, 7) is 1.58. The highest BCUT2D eigenvalue weighted by Crippen LogP contribution is 2.62. The molecule has 0 saturated heterocycles. The van der Waals surface area contributed by atoms with E-state index in [1.807, 2.05) is 0 Å². The zero-order chi connectivity index (χ0) is 28.8. The predicted octanol–water partition coefficient (Wildman–Crippen LogP) is 2.24. The number of aliphatic hydroxyl groups excluding tert-OH is 3. The lowest BCUT2D eigenvalue weighted by molar-refractivity contribution is -0.119. The van der Waals surface area contributed by atoms with Gasteiger partial charge in [-0.2, -0.15) is 0 Å². The summed E-state index contributed by atoms with van der Waals surface area (Å²) in [6.07, 6.45) is -2.41. The Labute approximate surface area is 226 Å². The van der Waals surface area contributed by atoms with Crippen molar-refractivity contribution in [2.45, 2.75) is 37.6 Å². The van der Waals surface area contributed by atoms with Gasteiger partial charge in [0.05, 0.1) is 29.4 Å². The molecule has 0 heterocycles. The van der Waals surface area contributed by atoms with Gasteiger partial charge in [-0.25, -0.2) is 4.79 Å². The number of aromatic carboxylic acids is 1. The Balaban J connectivity index is 1.63. The number of phenolic OH excluding ortho intramolecular Hbond substituents is 2. The van der Waals surface area contributed by atoms with E-state index in [4.69, 9.17) is 0 Å². The number of phenols is 3. The van der Waals surface area contributed by atoms with Gasteiger partial charge in [0.1, 0.15) is 22.8 Å². The molecule has 0 fully saturated rings. The molecule has 0 radical (unpaired) electrons. The van der Waals surface area contributed by atoms with Crippen LogP contribution in [0.2, 0.25) is 0 Å². The van der Waals surface area contributed by atoms with E-state index in [0.29, 0.717) is 11.1 Å². The molecule has 10 nitrogen and oxygen atoms in total. The zero-order valence-corrected chi connectivity index (χ0v) is 21.0. The lowest BCUT2D eigenvalue weighted by Gasteiger charge is -2.46. The van der Waals surface area contributed by atoms with Gasteiger partial charge in [0.15, 0.2) is 5.78 Å². The summed E-state index contributed by atoms with van der Waals surface area (Å²) in [5, 5.41) is 75.6. The molecular formula is C30H24O10. The Morgan fingerprint density at radius 1 is 0.925 bits per heavy atom. The number of rotatable bonds is 3. The largest absolute Gasteiger partial charge is 0.507 e. The van der Waals surface area contributed by atoms with Crippen molar-refractivity contribution in [3.63, 3.8) is 0 Å². The second-order valence-electron chi connectivity index (χ2n) is 10.6. The van der Waals surface area contributed by atoms with E-state index in [9.17, 15) is 50.1 Å². The van der Waals surface area contributed by atoms with Gasteiger partial charge in [-0.15, -0.1) is 0 Å². The van der Waals surface area contributed by atoms with Crippen molar-refractivity contribution in [3.8, 4) is 17.2 Å². The lowest BCUT2D eigenvalue weighted by Crippen LogP contribution is -2.51. The van der Waals surface area contributed by atoms with E-state index in [1.54, 1.807) is 6.92 Å². The molecule has 40 heavy (non-hydrogen) atoms. The van der Waals surface area contributed by atoms with Crippen LogP contribution in [-0.4, -0.2) is 65.5 Å². The van der Waals surface area contributed by atoms with Crippen LogP contribution in [0.5, 0.6) is 17.2 Å². The molecule has 3 aliphatic carbocycles. The maximum absolute atomic E-state index is 13.8. The fourth-order valence-corrected chi connectivity index (χ4v) is 6.82. The molecule has 10 heteroatoms. The summed E-state index contributed by atoms with van der Waals surface area (Å²) < 4.78 is 0. The Bertz CT molecular complexity index is 1700. The van der Waals surface area contributed by atoms with Crippen molar-refractivity contribution in [1.82, 2.24) is 0 Å². The minimum atomic E-state index is -1.79. The third-order valence-corrected chi connectivity index (χ3v) is 8.47. The molecule has 7 N–H and O–H groups in total. The minimum absolute atomic E-state index is 0.0829. The molecule has 0 aromatic heterocycles. The van der Waals surface area contributed by atoms with E-state index < -0.39 is 70.0 Å². The molecule has 204 valence electrons. The zero-order valence-electron chi connectivity index (χ0n) is 21.0. The number of ketones is 2. The molecule has 0 saturated carbocycles. The summed E-state index contributed by atoms with van der Waals surface area (Å²) in [4.78, 5) is 39.4. The number of fused-ring (bicyclic) bond motifs is 6. The van der Waals surface area contributed by atoms with Crippen molar-refractivity contribution in [3.05, 3.63) is 98.6 Å². The smallest absolute Gasteiger partial charge is 0.339 e. The fourth-order valence-electron chi connectivity index (χ4n) is 6.82. The van der Waals surface area contributed by atoms with Gasteiger partial charge in [-0.05, 0) is 53.8 Å². The molecule has 6 rings (SSSR count). The van der Waals surface area contributed by atoms with Crippen LogP contribution in [0.3, 0.4) is 0 Å². The van der Waals surface area contributed by atoms with Gasteiger partial charge >= 0.3 is 5.97 Å². The Morgan fingerprint density at radius 2 is 1.65 bits per heavy atom. The molecule has 0 bridgehead atoms. The van der Waals surface area contributed by atoms with Gasteiger partial charge in [0.2, 0.25) is 5.78 Å². The fraction of sp³-hybridized carbons (Fsp3) is 0.233. The molecule has 3 aliphatic rings. The highest BCUT2D eigenvalue weighted by Gasteiger charge is 2.60. The number of hydrogen-bond acceptors (Lipinski definition) is 9. The first-order valence-corrected chi connectivity index (χ1v) is 12.5. The quantitative estimate of drug-likeness (QED) is 0.188. The van der Waals surface area contributed by atoms with Crippen LogP contribution in [0.1, 0.15) is 76.5 Å². The van der Waals surface area contributed by atoms with Gasteiger partial charge < -0.3 is 35.7 Å². The van der Waals surface area contributed by atoms with Gasteiger partial charge in [0.25, 0.3) is 0 Å². The number of aromatic hydroxyl groups is 3. The van der Waals surface area contributed by atoms with Crippen LogP contribution in [0.15, 0.2) is 48.6 Å². The first-order chi connectivity index (χ1) is 18.9. The summed E-state index contributed by atoms with van der Waals surface area (Å²) in [6, 6.07) is 7.85. The number of allylic oxidation sites excluding steroid dienone is 1. The number of benzene rings is 3. The van der Waals surface area contributed by atoms with Crippen molar-refractivity contribution in [1.29, 1.82) is 0 Å². The minimum Gasteiger partial charge on any atom is -0.507 e. The first-order valence-electron chi connectivity index (χ1n) is 12.5. The molecule has 3 aromatic carbocycles. The standard InChI is InChI=1S/C30H24O10/c1-11-7-14(22(29(39)40)18(33)8-11)27(37)30-10-12-9-19(34)23-24(20(12)15(30)5-6-17(32)28(30)38)25(35)13-3-2-4-16(31)21(13)26(23)36/h2-9,15,17,27-28,31-34,37-38H,10H2,1H3,(H,39,40). The van der Waals surface area contributed by atoms with Crippen molar-refractivity contribution >= 4 is 17.5 Å². The first kappa shape index (κ1) is 25.8. The third-order valence-electron chi connectivity index (χ3n) is 8.47. The topological polar surface area (TPSA) is 193 Å². The number of hydrogen-bond donors (Lipinski definition) is 7. The number of carboxylic acids is 1. The second-order valence-corrected chi connectivity index (χ2v) is 10.6. The van der Waals surface area contributed by atoms with Crippen LogP contribution in [0.25, 0.3) is 0 Å². The van der Waals surface area contributed by atoms with Crippen molar-refractivity contribution in [2.24, 2.45) is 5.41 Å². The third kappa shape index (κ3) is 3.18. The van der Waals surface area contributed by atoms with Crippen molar-refractivity contribution < 1.29 is 50.1 Å². The molecule has 0 amide bonds. The number of carboxylic acid groups (broad SMARTS) is 1. The van der Waals surface area contributed by atoms with E-state index >= 15 is 0 Å². The maximum Gasteiger partial charge on any atom is 0.339 e. The summed E-state index contributed by atoms with van der Waals surface area (Å²) in [5.74, 6) is -5.55. The van der Waals surface area contributed by atoms with E-state index in [0.717, 1.165) is 0 Å². The number of carbonyl (C=O) groups is 3. The molecule has 0 aliphatic heterocycles. The normalized spacial score (nSPS) is 25.1. The van der Waals surface area contributed by atoms with Crippen molar-refractivity contribution in [2.75, 3.05) is 0 Å². The Kier molecular flexibility index (Phi) is 5.47. The molecule has 5 unspecified atom stereocenters. The SMILES string of the molecule is Cc1cc(O)c(C(=O)O)c(C(O)C23Cc4cc(O)c5c(c4C2C=CC(O)C3O)C(=O)c2cccc(O)c2C5=O)c1. The molecule has 5 atom stereocenters. The second kappa shape index (κ2) is 8.49. The maximum atomic E-state index is 13.8. The summed E-state index contributed by atoms with van der Waals surface area (Å²) in [7, 11) is 0. The summed E-state index contributed by atoms with van der Waals surface area (Å²) >= 11 is 0. The molecular weight excluding hydrogens is 520 g/mol. The molecule has 0 spiro atoms. The lowest BCUT2D eigenvalue weighted by atomic mass is 9.61. The predicted molar refractivity (Wildman–Crippen MR) is 138 cm³/mol. The van der Waals surface area contributed by atoms with Crippen LogP contribution >= 0.6 is 0 Å². The Hall–Kier alpha value is -4.51. The van der Waals surface area contributed by atoms with Crippen LogP contribution in [-0.2, 0) is 6.42 Å². The average molecular weight is 545 g/mol. The monoisotopic (exact) mass is 544 g/mol. The van der Waals surface area contributed by atoms with Crippen LogP contribution in [0.4, 0.5) is 0 Å². The highest BCUT2D eigenvalue weighted by atomic mass is 16.4. The van der Waals surface area contributed by atoms with Gasteiger partial charge in [-0.1, -0.05) is 30.4 Å². The molecule has 3 aromatic rings. The Morgan fingerprint density at radius 3 is 2.35 bits per heavy atom. The van der Waals surface area contributed by atoms with E-state index in [-0.39, 0.29) is 39.8 Å². The van der Waals surface area contributed by atoms with Crippen LogP contribution < -0.4 is 0 Å². The number of aliphatic hydroxyl groups is 3. The van der Waals surface area contributed by atoms with E-state index in [1.165, 1.54) is 48.6 Å². The summed E-state index contributed by atoms with van der Waals surface area (Å²) in [5.41, 5.74) is -2.42. The van der Waals surface area contributed by atoms with E-state index in [2.05, 4.69) is 0 Å².